The number of esters is 1. The summed E-state index contributed by atoms with van der Waals surface area (Å²) in [5.41, 5.74) is -0.0243. The number of hydrogen-bond donors (Lipinski definition) is 1. The number of pyridine rings is 1. The lowest BCUT2D eigenvalue weighted by Gasteiger charge is -2.09. The van der Waals surface area contributed by atoms with Crippen LogP contribution in [0, 0.1) is 0 Å². The molecule has 1 N–H and O–H groups in total. The van der Waals surface area contributed by atoms with Crippen molar-refractivity contribution >= 4 is 17.7 Å². The second-order valence-corrected chi connectivity index (χ2v) is 6.01. The number of carbonyl (C=O) groups is 2. The number of benzene rings is 1. The highest BCUT2D eigenvalue weighted by Gasteiger charge is 2.30. The van der Waals surface area contributed by atoms with E-state index in [0.717, 1.165) is 12.1 Å². The molecular weight excluding hydrogens is 389 g/mol. The molecule has 0 atom stereocenters. The maximum absolute atomic E-state index is 12.8. The molecule has 0 spiro atoms. The quantitative estimate of drug-likeness (QED) is 0.659. The van der Waals surface area contributed by atoms with Crippen molar-refractivity contribution in [3.63, 3.8) is 0 Å². The summed E-state index contributed by atoms with van der Waals surface area (Å²) in [6, 6.07) is 7.74. The molecule has 0 bridgehead atoms. The zero-order valence-corrected chi connectivity index (χ0v) is 15.1. The van der Waals surface area contributed by atoms with Gasteiger partial charge >= 0.3 is 12.1 Å². The predicted molar refractivity (Wildman–Crippen MR) is 96.3 cm³/mol. The van der Waals surface area contributed by atoms with Gasteiger partial charge in [-0.3, -0.25) is 4.79 Å². The Hall–Kier alpha value is -3.69. The zero-order valence-electron chi connectivity index (χ0n) is 15.1. The fourth-order valence-corrected chi connectivity index (χ4v) is 2.51. The molecule has 10 heteroatoms. The van der Waals surface area contributed by atoms with Crippen LogP contribution < -0.4 is 5.32 Å². The molecule has 1 amide bonds. The number of aromatic nitrogens is 3. The topological polar surface area (TPSA) is 86.1 Å². The molecule has 0 saturated heterocycles. The molecule has 0 fully saturated rings. The summed E-state index contributed by atoms with van der Waals surface area (Å²) >= 11 is 0. The summed E-state index contributed by atoms with van der Waals surface area (Å²) < 4.78 is 44.5. The van der Waals surface area contributed by atoms with Crippen LogP contribution in [0.15, 0.2) is 55.1 Å². The largest absolute Gasteiger partial charge is 0.464 e. The third kappa shape index (κ3) is 4.98. The van der Waals surface area contributed by atoms with Crippen molar-refractivity contribution in [2.45, 2.75) is 12.7 Å². The number of amides is 1. The van der Waals surface area contributed by atoms with E-state index in [0.29, 0.717) is 5.56 Å². The molecule has 0 aliphatic heterocycles. The summed E-state index contributed by atoms with van der Waals surface area (Å²) in [5, 5.41) is 2.56. The predicted octanol–water partition coefficient (Wildman–Crippen LogP) is 3.38. The number of imidazole rings is 1. The van der Waals surface area contributed by atoms with Crippen LogP contribution >= 0.6 is 0 Å². The second-order valence-electron chi connectivity index (χ2n) is 6.01. The van der Waals surface area contributed by atoms with Gasteiger partial charge in [0.15, 0.2) is 5.82 Å². The van der Waals surface area contributed by atoms with Gasteiger partial charge in [0.2, 0.25) is 0 Å². The monoisotopic (exact) mass is 404 g/mol. The Labute approximate surface area is 163 Å². The molecule has 0 unspecified atom stereocenters. The van der Waals surface area contributed by atoms with Gasteiger partial charge < -0.3 is 14.6 Å². The molecule has 0 aliphatic rings. The molecule has 0 radical (unpaired) electrons. The SMILES string of the molecule is COC(=O)c1ccc(C(=O)Nc2cn(Cc3cccc(C(F)(F)F)c3)cn2)cn1. The molecule has 2 heterocycles. The van der Waals surface area contributed by atoms with Gasteiger partial charge in [-0.2, -0.15) is 13.2 Å². The Morgan fingerprint density at radius 3 is 2.62 bits per heavy atom. The van der Waals surface area contributed by atoms with Crippen LogP contribution in [-0.4, -0.2) is 33.5 Å². The number of anilines is 1. The van der Waals surface area contributed by atoms with Crippen molar-refractivity contribution in [3.05, 3.63) is 77.5 Å². The van der Waals surface area contributed by atoms with E-state index in [9.17, 15) is 22.8 Å². The Morgan fingerprint density at radius 1 is 1.17 bits per heavy atom. The van der Waals surface area contributed by atoms with Crippen molar-refractivity contribution in [2.75, 3.05) is 12.4 Å². The summed E-state index contributed by atoms with van der Waals surface area (Å²) in [5.74, 6) is -0.900. The molecule has 150 valence electrons. The summed E-state index contributed by atoms with van der Waals surface area (Å²) in [6.07, 6.45) is -0.300. The first-order chi connectivity index (χ1) is 13.8. The van der Waals surface area contributed by atoms with Gasteiger partial charge in [-0.25, -0.2) is 14.8 Å². The number of halogens is 3. The molecule has 0 saturated carbocycles. The molecular formula is C19H15F3N4O3. The lowest BCUT2D eigenvalue weighted by atomic mass is 10.1. The Morgan fingerprint density at radius 2 is 1.97 bits per heavy atom. The molecule has 3 aromatic rings. The average Bonchev–Trinajstić information content (AvgIpc) is 3.13. The van der Waals surface area contributed by atoms with Crippen molar-refractivity contribution in [2.24, 2.45) is 0 Å². The van der Waals surface area contributed by atoms with E-state index in [1.165, 1.54) is 44.0 Å². The lowest BCUT2D eigenvalue weighted by Crippen LogP contribution is -2.13. The van der Waals surface area contributed by atoms with Gasteiger partial charge in [-0.15, -0.1) is 0 Å². The normalized spacial score (nSPS) is 11.2. The number of nitrogens with one attached hydrogen (secondary N) is 1. The summed E-state index contributed by atoms with van der Waals surface area (Å²) in [6.45, 7) is 0.155. The van der Waals surface area contributed by atoms with Crippen molar-refractivity contribution in [1.29, 1.82) is 0 Å². The van der Waals surface area contributed by atoms with E-state index in [-0.39, 0.29) is 23.6 Å². The minimum absolute atomic E-state index is 0.0643. The van der Waals surface area contributed by atoms with Gasteiger partial charge in [-0.05, 0) is 29.8 Å². The highest BCUT2D eigenvalue weighted by molar-refractivity contribution is 6.03. The van der Waals surface area contributed by atoms with E-state index in [1.807, 2.05) is 0 Å². The van der Waals surface area contributed by atoms with Gasteiger partial charge in [0, 0.05) is 18.9 Å². The van der Waals surface area contributed by atoms with E-state index < -0.39 is 23.6 Å². The summed E-state index contributed by atoms with van der Waals surface area (Å²) in [7, 11) is 1.22. The fourth-order valence-electron chi connectivity index (χ4n) is 2.51. The minimum atomic E-state index is -4.42. The standard InChI is InChI=1S/C19H15F3N4O3/c1-29-18(28)15-6-5-13(8-23-15)17(27)25-16-10-26(11-24-16)9-12-3-2-4-14(7-12)19(20,21)22/h2-8,10-11H,9H2,1H3,(H,25,27). The first kappa shape index (κ1) is 20.1. The van der Waals surface area contributed by atoms with Gasteiger partial charge in [0.25, 0.3) is 5.91 Å². The number of methoxy groups -OCH3 is 1. The maximum atomic E-state index is 12.8. The van der Waals surface area contributed by atoms with E-state index in [4.69, 9.17) is 0 Å². The fraction of sp³-hybridized carbons (Fsp3) is 0.158. The van der Waals surface area contributed by atoms with E-state index >= 15 is 0 Å². The number of alkyl halides is 3. The molecule has 3 rings (SSSR count). The van der Waals surface area contributed by atoms with Crippen LogP contribution in [0.25, 0.3) is 0 Å². The van der Waals surface area contributed by atoms with Crippen molar-refractivity contribution in [3.8, 4) is 0 Å². The average molecular weight is 404 g/mol. The van der Waals surface area contributed by atoms with Gasteiger partial charge in [0.05, 0.1) is 24.6 Å². The van der Waals surface area contributed by atoms with Crippen molar-refractivity contribution in [1.82, 2.24) is 14.5 Å². The van der Waals surface area contributed by atoms with Crippen LogP contribution in [0.3, 0.4) is 0 Å². The maximum Gasteiger partial charge on any atom is 0.416 e. The molecule has 1 aromatic carbocycles. The van der Waals surface area contributed by atoms with E-state index in [1.54, 1.807) is 10.6 Å². The third-order valence-corrected chi connectivity index (χ3v) is 3.91. The number of rotatable bonds is 5. The Balaban J connectivity index is 1.66. The minimum Gasteiger partial charge on any atom is -0.464 e. The first-order valence-electron chi connectivity index (χ1n) is 8.30. The molecule has 2 aromatic heterocycles. The lowest BCUT2D eigenvalue weighted by molar-refractivity contribution is -0.137. The molecule has 7 nitrogen and oxygen atoms in total. The van der Waals surface area contributed by atoms with Crippen LogP contribution in [0.1, 0.15) is 32.0 Å². The zero-order chi connectivity index (χ0) is 21.0. The van der Waals surface area contributed by atoms with Crippen LogP contribution in [0.4, 0.5) is 19.0 Å². The molecule has 29 heavy (non-hydrogen) atoms. The van der Waals surface area contributed by atoms with Crippen LogP contribution in [-0.2, 0) is 17.5 Å². The van der Waals surface area contributed by atoms with Gasteiger partial charge in [-0.1, -0.05) is 12.1 Å². The number of ether oxygens (including phenoxy) is 1. The van der Waals surface area contributed by atoms with Crippen LogP contribution in [0.2, 0.25) is 0 Å². The third-order valence-electron chi connectivity index (χ3n) is 3.91. The summed E-state index contributed by atoms with van der Waals surface area (Å²) in [4.78, 5) is 31.5. The first-order valence-corrected chi connectivity index (χ1v) is 8.30. The van der Waals surface area contributed by atoms with Crippen molar-refractivity contribution < 1.29 is 27.5 Å². The smallest absolute Gasteiger partial charge is 0.416 e. The van der Waals surface area contributed by atoms with E-state index in [2.05, 4.69) is 20.0 Å². The highest BCUT2D eigenvalue weighted by Crippen LogP contribution is 2.29. The number of nitrogens with zero attached hydrogens (tertiary/aromatic N) is 3. The van der Waals surface area contributed by atoms with Crippen LogP contribution in [0.5, 0.6) is 0 Å². The number of carbonyl (C=O) groups excluding carboxylic acids is 2. The Bertz CT molecular complexity index is 1030. The number of hydrogen-bond acceptors (Lipinski definition) is 5. The second kappa shape index (κ2) is 8.13. The Kier molecular flexibility index (Phi) is 5.62. The molecule has 0 aliphatic carbocycles. The highest BCUT2D eigenvalue weighted by atomic mass is 19.4. The van der Waals surface area contributed by atoms with Gasteiger partial charge in [0.1, 0.15) is 5.69 Å².